The minimum atomic E-state index is -0.00405. The van der Waals surface area contributed by atoms with E-state index in [1.807, 2.05) is 24.9 Å². The van der Waals surface area contributed by atoms with E-state index in [9.17, 15) is 10.1 Å². The summed E-state index contributed by atoms with van der Waals surface area (Å²) >= 11 is 5.96. The molecule has 154 valence electrons. The Bertz CT molecular complexity index is 907. The summed E-state index contributed by atoms with van der Waals surface area (Å²) in [6, 6.07) is 2.26. The van der Waals surface area contributed by atoms with Crippen molar-refractivity contribution in [3.63, 3.8) is 0 Å². The van der Waals surface area contributed by atoms with Crippen molar-refractivity contribution in [1.82, 2.24) is 20.0 Å². The lowest BCUT2D eigenvalue weighted by Crippen LogP contribution is -2.47. The zero-order chi connectivity index (χ0) is 21.1. The van der Waals surface area contributed by atoms with Crippen molar-refractivity contribution < 1.29 is 4.79 Å². The highest BCUT2D eigenvalue weighted by atomic mass is 35.5. The molecule has 7 heteroatoms. The second-order valence-electron chi connectivity index (χ2n) is 8.06. The lowest BCUT2D eigenvalue weighted by atomic mass is 9.84. The molecule has 3 heterocycles. The first-order valence-corrected chi connectivity index (χ1v) is 10.4. The van der Waals surface area contributed by atoms with Crippen molar-refractivity contribution in [1.29, 1.82) is 5.26 Å². The van der Waals surface area contributed by atoms with Crippen molar-refractivity contribution in [2.75, 3.05) is 19.6 Å². The predicted octanol–water partition coefficient (Wildman–Crippen LogP) is 3.75. The molecule has 2 atom stereocenters. The first-order valence-electron chi connectivity index (χ1n) is 10.0. The number of piperidine rings is 1. The number of allylic oxidation sites excluding steroid dienone is 4. The van der Waals surface area contributed by atoms with Gasteiger partial charge in [-0.25, -0.2) is 0 Å². The van der Waals surface area contributed by atoms with E-state index in [1.54, 1.807) is 6.08 Å². The molecule has 0 bridgehead atoms. The average Bonchev–Trinajstić information content (AvgIpc) is 3.14. The number of halogens is 1. The lowest BCUT2D eigenvalue weighted by molar-refractivity contribution is -0.139. The molecule has 1 saturated heterocycles. The minimum Gasteiger partial charge on any atom is -0.370 e. The van der Waals surface area contributed by atoms with Gasteiger partial charge in [0.25, 0.3) is 0 Å². The number of aromatic nitrogens is 2. The highest BCUT2D eigenvalue weighted by Gasteiger charge is 2.36. The quantitative estimate of drug-likeness (QED) is 0.602. The normalized spacial score (nSPS) is 23.2. The molecular formula is C22H28ClN5O. The highest BCUT2D eigenvalue weighted by molar-refractivity contribution is 6.30. The molecule has 1 fully saturated rings. The number of amides is 1. The molecule has 2 aliphatic rings. The lowest BCUT2D eigenvalue weighted by Gasteiger charge is -2.41. The maximum Gasteiger partial charge on any atom is 0.226 e. The van der Waals surface area contributed by atoms with Gasteiger partial charge in [-0.15, -0.1) is 0 Å². The summed E-state index contributed by atoms with van der Waals surface area (Å²) in [5.74, 6) is 0.416. The van der Waals surface area contributed by atoms with Gasteiger partial charge in [0, 0.05) is 60.4 Å². The standard InChI is InChI=1S/C22H28ClN5O/c1-14(9-17(4)23)21(15(2)10-24)27-7-5-19(16(3)12-27)22(29)28-8-6-20-18(13-28)11-25-26-20/h9,11,16,19H,4-8,12-13H2,1-3H3,(H,25,26)/b14-9+,21-15-/t16-,19+/m1/s1. The van der Waals surface area contributed by atoms with E-state index in [0.717, 1.165) is 55.0 Å². The van der Waals surface area contributed by atoms with Gasteiger partial charge >= 0.3 is 0 Å². The average molecular weight is 414 g/mol. The monoisotopic (exact) mass is 413 g/mol. The SMILES string of the molecule is C=C(Cl)/C=C(C)/C(=C(\C)C#N)N1CC[C@H](C(=O)N2CCc3[nH]ncc3C2)[C@H](C)C1. The van der Waals surface area contributed by atoms with Crippen LogP contribution in [0.5, 0.6) is 0 Å². The van der Waals surface area contributed by atoms with Crippen LogP contribution in [0, 0.1) is 23.2 Å². The summed E-state index contributed by atoms with van der Waals surface area (Å²) in [4.78, 5) is 17.4. The molecule has 1 aromatic rings. The first kappa shape index (κ1) is 21.2. The maximum atomic E-state index is 13.2. The van der Waals surface area contributed by atoms with Crippen LogP contribution in [-0.2, 0) is 17.8 Å². The molecule has 0 radical (unpaired) electrons. The number of hydrogen-bond acceptors (Lipinski definition) is 4. The molecule has 0 spiro atoms. The Morgan fingerprint density at radius 2 is 2.17 bits per heavy atom. The number of fused-ring (bicyclic) bond motifs is 1. The van der Waals surface area contributed by atoms with Crippen molar-refractivity contribution in [3.05, 3.63) is 52.0 Å². The second kappa shape index (κ2) is 8.87. The number of hydrogen-bond donors (Lipinski definition) is 1. The number of aromatic amines is 1. The summed E-state index contributed by atoms with van der Waals surface area (Å²) in [5.41, 5.74) is 4.73. The smallest absolute Gasteiger partial charge is 0.226 e. The van der Waals surface area contributed by atoms with E-state index < -0.39 is 0 Å². The Hall–Kier alpha value is -2.52. The number of nitriles is 1. The molecule has 0 unspecified atom stereocenters. The van der Waals surface area contributed by atoms with Gasteiger partial charge in [-0.1, -0.05) is 25.1 Å². The van der Waals surface area contributed by atoms with Crippen LogP contribution in [0.3, 0.4) is 0 Å². The van der Waals surface area contributed by atoms with Gasteiger partial charge in [0.05, 0.1) is 18.0 Å². The fourth-order valence-electron chi connectivity index (χ4n) is 4.50. The maximum absolute atomic E-state index is 13.2. The second-order valence-corrected chi connectivity index (χ2v) is 8.55. The van der Waals surface area contributed by atoms with Crippen LogP contribution in [0.1, 0.15) is 38.4 Å². The van der Waals surface area contributed by atoms with Crippen LogP contribution in [0.2, 0.25) is 0 Å². The highest BCUT2D eigenvalue weighted by Crippen LogP contribution is 2.32. The van der Waals surface area contributed by atoms with E-state index in [0.29, 0.717) is 17.2 Å². The van der Waals surface area contributed by atoms with Gasteiger partial charge < -0.3 is 9.80 Å². The topological polar surface area (TPSA) is 76.0 Å². The number of H-pyrrole nitrogens is 1. The Labute approximate surface area is 177 Å². The summed E-state index contributed by atoms with van der Waals surface area (Å²) in [7, 11) is 0. The Balaban J connectivity index is 1.72. The molecule has 1 aromatic heterocycles. The minimum absolute atomic E-state index is 0.00405. The third kappa shape index (κ3) is 4.56. The van der Waals surface area contributed by atoms with Gasteiger partial charge in [0.1, 0.15) is 0 Å². The van der Waals surface area contributed by atoms with Gasteiger partial charge in [-0.3, -0.25) is 9.89 Å². The van der Waals surface area contributed by atoms with Crippen molar-refractivity contribution in [3.8, 4) is 6.07 Å². The van der Waals surface area contributed by atoms with Crippen molar-refractivity contribution in [2.45, 2.75) is 40.2 Å². The largest absolute Gasteiger partial charge is 0.370 e. The molecule has 29 heavy (non-hydrogen) atoms. The summed E-state index contributed by atoms with van der Waals surface area (Å²) in [6.07, 6.45) is 5.21. The van der Waals surface area contributed by atoms with Gasteiger partial charge in [0.2, 0.25) is 5.91 Å². The molecule has 3 rings (SSSR count). The molecular weight excluding hydrogens is 386 g/mol. The Morgan fingerprint density at radius 1 is 1.41 bits per heavy atom. The van der Waals surface area contributed by atoms with Crippen LogP contribution in [0.15, 0.2) is 40.7 Å². The third-order valence-corrected chi connectivity index (χ3v) is 6.03. The fraction of sp³-hybridized carbons (Fsp3) is 0.500. The summed E-state index contributed by atoms with van der Waals surface area (Å²) in [5, 5.41) is 17.0. The number of carbonyl (C=O) groups excluding carboxylic acids is 1. The van der Waals surface area contributed by atoms with Crippen LogP contribution < -0.4 is 0 Å². The number of nitrogens with one attached hydrogen (secondary N) is 1. The van der Waals surface area contributed by atoms with Crippen LogP contribution >= 0.6 is 11.6 Å². The molecule has 0 aliphatic carbocycles. The van der Waals surface area contributed by atoms with Gasteiger partial charge in [0.15, 0.2) is 0 Å². The van der Waals surface area contributed by atoms with E-state index in [4.69, 9.17) is 11.6 Å². The summed E-state index contributed by atoms with van der Waals surface area (Å²) in [6.45, 7) is 12.5. The van der Waals surface area contributed by atoms with Gasteiger partial charge in [-0.05, 0) is 37.8 Å². The Morgan fingerprint density at radius 3 is 2.83 bits per heavy atom. The molecule has 2 aliphatic heterocycles. The van der Waals surface area contributed by atoms with Crippen LogP contribution in [0.25, 0.3) is 0 Å². The Kier molecular flexibility index (Phi) is 6.49. The predicted molar refractivity (Wildman–Crippen MR) is 114 cm³/mol. The number of likely N-dealkylation sites (tertiary alicyclic amines) is 1. The van der Waals surface area contributed by atoms with E-state index in [2.05, 4.69) is 34.7 Å². The number of carbonyl (C=O) groups is 1. The van der Waals surface area contributed by atoms with Crippen LogP contribution in [0.4, 0.5) is 0 Å². The van der Waals surface area contributed by atoms with E-state index >= 15 is 0 Å². The fourth-order valence-corrected chi connectivity index (χ4v) is 4.66. The molecule has 1 N–H and O–H groups in total. The molecule has 1 amide bonds. The first-order chi connectivity index (χ1) is 13.8. The van der Waals surface area contributed by atoms with E-state index in [-0.39, 0.29) is 17.7 Å². The third-order valence-electron chi connectivity index (χ3n) is 5.92. The molecule has 0 aromatic carbocycles. The van der Waals surface area contributed by atoms with Gasteiger partial charge in [-0.2, -0.15) is 10.4 Å². The zero-order valence-electron chi connectivity index (χ0n) is 17.3. The zero-order valence-corrected chi connectivity index (χ0v) is 18.1. The van der Waals surface area contributed by atoms with E-state index in [1.165, 1.54) is 0 Å². The molecule has 6 nitrogen and oxygen atoms in total. The van der Waals surface area contributed by atoms with Crippen molar-refractivity contribution in [2.24, 2.45) is 11.8 Å². The number of nitrogens with zero attached hydrogens (tertiary/aromatic N) is 4. The number of rotatable bonds is 4. The van der Waals surface area contributed by atoms with Crippen LogP contribution in [-0.4, -0.2) is 45.5 Å². The van der Waals surface area contributed by atoms with Crippen molar-refractivity contribution >= 4 is 17.5 Å². The molecule has 0 saturated carbocycles. The summed E-state index contributed by atoms with van der Waals surface area (Å²) < 4.78 is 0.